The van der Waals surface area contributed by atoms with Crippen molar-refractivity contribution in [3.05, 3.63) is 59.9 Å². The van der Waals surface area contributed by atoms with E-state index in [-0.39, 0.29) is 17.6 Å². The van der Waals surface area contributed by atoms with Gasteiger partial charge in [-0.05, 0) is 49.4 Å². The predicted molar refractivity (Wildman–Crippen MR) is 112 cm³/mol. The Bertz CT molecular complexity index is 935. The number of nitrogens with zero attached hydrogens (tertiary/aromatic N) is 2. The molecule has 0 unspecified atom stereocenters. The second-order valence-corrected chi connectivity index (χ2v) is 8.26. The lowest BCUT2D eigenvalue weighted by Crippen LogP contribution is -2.40. The van der Waals surface area contributed by atoms with Crippen molar-refractivity contribution in [1.29, 1.82) is 0 Å². The molecule has 0 radical (unpaired) electrons. The number of benzene rings is 2. The van der Waals surface area contributed by atoms with Crippen LogP contribution in [0, 0.1) is 11.7 Å². The maximum atomic E-state index is 13.4. The first-order valence-corrected chi connectivity index (χ1v) is 10.6. The second kappa shape index (κ2) is 8.69. The molecule has 0 aliphatic carbocycles. The average Bonchev–Trinajstić information content (AvgIpc) is 3.15. The van der Waals surface area contributed by atoms with E-state index in [0.29, 0.717) is 0 Å². The van der Waals surface area contributed by atoms with Crippen molar-refractivity contribution in [2.24, 2.45) is 5.92 Å². The molecule has 6 heteroatoms. The molecule has 4 rings (SSSR count). The molecule has 1 amide bonds. The minimum absolute atomic E-state index is 0.0693. The maximum Gasteiger partial charge on any atom is 0.223 e. The molecule has 0 atom stereocenters. The largest absolute Gasteiger partial charge is 0.356 e. The minimum Gasteiger partial charge on any atom is -0.356 e. The lowest BCUT2D eigenvalue weighted by Gasteiger charge is -2.31. The molecule has 4 nitrogen and oxygen atoms in total. The van der Waals surface area contributed by atoms with Crippen molar-refractivity contribution < 1.29 is 9.18 Å². The van der Waals surface area contributed by atoms with Gasteiger partial charge in [0.25, 0.3) is 0 Å². The lowest BCUT2D eigenvalue weighted by molar-refractivity contribution is -0.125. The fourth-order valence-corrected chi connectivity index (χ4v) is 4.69. The fourth-order valence-electron chi connectivity index (χ4n) is 3.65. The van der Waals surface area contributed by atoms with Crippen LogP contribution in [-0.2, 0) is 11.2 Å². The number of carbonyl (C=O) groups excluding carboxylic acids is 1. The first-order valence-electron chi connectivity index (χ1n) is 9.82. The number of thiazole rings is 1. The number of carbonyl (C=O) groups is 1. The van der Waals surface area contributed by atoms with Gasteiger partial charge < -0.3 is 10.2 Å². The number of amides is 1. The Kier molecular flexibility index (Phi) is 5.86. The van der Waals surface area contributed by atoms with Crippen molar-refractivity contribution >= 4 is 32.6 Å². The van der Waals surface area contributed by atoms with Gasteiger partial charge in [-0.25, -0.2) is 9.37 Å². The zero-order valence-electron chi connectivity index (χ0n) is 15.7. The van der Waals surface area contributed by atoms with Gasteiger partial charge in [0.1, 0.15) is 5.82 Å². The standard InChI is InChI=1S/C22H24FN3OS/c23-18-8-9-19-20(15-18)28-22(25-19)26-13-10-17(11-14-26)21(27)24-12-4-7-16-5-2-1-3-6-16/h1-3,5-6,8-9,15,17H,4,7,10-14H2,(H,24,27). The van der Waals surface area contributed by atoms with E-state index in [1.807, 2.05) is 18.2 Å². The molecule has 146 valence electrons. The smallest absolute Gasteiger partial charge is 0.223 e. The van der Waals surface area contributed by atoms with Crippen LogP contribution in [0.25, 0.3) is 10.2 Å². The minimum atomic E-state index is -0.231. The van der Waals surface area contributed by atoms with Gasteiger partial charge in [-0.15, -0.1) is 0 Å². The van der Waals surface area contributed by atoms with Gasteiger partial charge in [-0.3, -0.25) is 4.79 Å². The summed E-state index contributed by atoms with van der Waals surface area (Å²) in [5.41, 5.74) is 2.14. The summed E-state index contributed by atoms with van der Waals surface area (Å²) in [5.74, 6) is 0.00391. The Hall–Kier alpha value is -2.47. The molecule has 28 heavy (non-hydrogen) atoms. The van der Waals surface area contributed by atoms with E-state index in [2.05, 4.69) is 27.3 Å². The van der Waals surface area contributed by atoms with Crippen molar-refractivity contribution in [1.82, 2.24) is 10.3 Å². The van der Waals surface area contributed by atoms with Gasteiger partial charge in [0.2, 0.25) is 5.91 Å². The van der Waals surface area contributed by atoms with Crippen molar-refractivity contribution in [3.8, 4) is 0 Å². The molecule has 1 fully saturated rings. The average molecular weight is 398 g/mol. The summed E-state index contributed by atoms with van der Waals surface area (Å²) in [4.78, 5) is 19.3. The van der Waals surface area contributed by atoms with Crippen LogP contribution >= 0.6 is 11.3 Å². The quantitative estimate of drug-likeness (QED) is 0.627. The van der Waals surface area contributed by atoms with Gasteiger partial charge in [0.05, 0.1) is 10.2 Å². The Labute approximate surface area is 168 Å². The summed E-state index contributed by atoms with van der Waals surface area (Å²) < 4.78 is 14.2. The number of piperidine rings is 1. The molecule has 0 bridgehead atoms. The van der Waals surface area contributed by atoms with E-state index in [1.54, 1.807) is 6.07 Å². The van der Waals surface area contributed by atoms with Gasteiger partial charge >= 0.3 is 0 Å². The van der Waals surface area contributed by atoms with E-state index in [9.17, 15) is 9.18 Å². The summed E-state index contributed by atoms with van der Waals surface area (Å²) in [6.07, 6.45) is 3.60. The van der Waals surface area contributed by atoms with E-state index < -0.39 is 0 Å². The summed E-state index contributed by atoms with van der Waals surface area (Å²) in [5, 5.41) is 4.01. The molecule has 2 aromatic carbocycles. The van der Waals surface area contributed by atoms with Crippen LogP contribution in [-0.4, -0.2) is 30.5 Å². The molecule has 3 aromatic rings. The maximum absolute atomic E-state index is 13.4. The van der Waals surface area contributed by atoms with E-state index >= 15 is 0 Å². The summed E-state index contributed by atoms with van der Waals surface area (Å²) >= 11 is 1.52. The molecule has 0 saturated carbocycles. The Morgan fingerprint density at radius 3 is 2.75 bits per heavy atom. The summed E-state index contributed by atoms with van der Waals surface area (Å²) in [7, 11) is 0. The molecule has 1 aliphatic rings. The topological polar surface area (TPSA) is 45.2 Å². The highest BCUT2D eigenvalue weighted by atomic mass is 32.1. The Morgan fingerprint density at radius 1 is 1.18 bits per heavy atom. The number of fused-ring (bicyclic) bond motifs is 1. The molecular weight excluding hydrogens is 373 g/mol. The van der Waals surface area contributed by atoms with Crippen LogP contribution in [0.5, 0.6) is 0 Å². The highest BCUT2D eigenvalue weighted by molar-refractivity contribution is 7.22. The summed E-state index contributed by atoms with van der Waals surface area (Å²) in [6, 6.07) is 15.0. The van der Waals surface area contributed by atoms with Crippen LogP contribution in [0.2, 0.25) is 0 Å². The van der Waals surface area contributed by atoms with Gasteiger partial charge in [0.15, 0.2) is 5.13 Å². The first-order chi connectivity index (χ1) is 13.7. The number of rotatable bonds is 6. The zero-order chi connectivity index (χ0) is 19.3. The monoisotopic (exact) mass is 397 g/mol. The van der Waals surface area contributed by atoms with Crippen LogP contribution in [0.3, 0.4) is 0 Å². The second-order valence-electron chi connectivity index (χ2n) is 7.25. The van der Waals surface area contributed by atoms with Crippen LogP contribution in [0.1, 0.15) is 24.8 Å². The first kappa shape index (κ1) is 18.9. The number of anilines is 1. The van der Waals surface area contributed by atoms with E-state index in [1.165, 1.54) is 29.0 Å². The molecule has 1 aromatic heterocycles. The van der Waals surface area contributed by atoms with Gasteiger partial charge in [-0.1, -0.05) is 41.7 Å². The summed E-state index contributed by atoms with van der Waals surface area (Å²) in [6.45, 7) is 2.34. The highest BCUT2D eigenvalue weighted by Crippen LogP contribution is 2.31. The number of hydrogen-bond donors (Lipinski definition) is 1. The van der Waals surface area contributed by atoms with Crippen LogP contribution in [0.15, 0.2) is 48.5 Å². The lowest BCUT2D eigenvalue weighted by atomic mass is 9.96. The SMILES string of the molecule is O=C(NCCCc1ccccc1)C1CCN(c2nc3ccc(F)cc3s2)CC1. The molecular formula is C22H24FN3OS. The van der Waals surface area contributed by atoms with Crippen molar-refractivity contribution in [3.63, 3.8) is 0 Å². The number of aromatic nitrogens is 1. The predicted octanol–water partition coefficient (Wildman–Crippen LogP) is 4.40. The van der Waals surface area contributed by atoms with E-state index in [4.69, 9.17) is 0 Å². The third kappa shape index (κ3) is 4.50. The number of halogens is 1. The molecule has 2 heterocycles. The van der Waals surface area contributed by atoms with Crippen molar-refractivity contribution in [2.75, 3.05) is 24.5 Å². The zero-order valence-corrected chi connectivity index (χ0v) is 16.6. The molecule has 0 spiro atoms. The number of nitrogens with one attached hydrogen (secondary N) is 1. The number of aryl methyl sites for hydroxylation is 1. The molecule has 1 N–H and O–H groups in total. The fraction of sp³-hybridized carbons (Fsp3) is 0.364. The Morgan fingerprint density at radius 2 is 1.96 bits per heavy atom. The van der Waals surface area contributed by atoms with Crippen LogP contribution < -0.4 is 10.2 Å². The Balaban J connectivity index is 1.23. The van der Waals surface area contributed by atoms with Gasteiger partial charge in [-0.2, -0.15) is 0 Å². The highest BCUT2D eigenvalue weighted by Gasteiger charge is 2.26. The van der Waals surface area contributed by atoms with Crippen LogP contribution in [0.4, 0.5) is 9.52 Å². The number of hydrogen-bond acceptors (Lipinski definition) is 4. The molecule has 1 saturated heterocycles. The van der Waals surface area contributed by atoms with Crippen molar-refractivity contribution in [2.45, 2.75) is 25.7 Å². The third-order valence-corrected chi connectivity index (χ3v) is 6.34. The van der Waals surface area contributed by atoms with Gasteiger partial charge in [0, 0.05) is 25.6 Å². The molecule has 1 aliphatic heterocycles. The van der Waals surface area contributed by atoms with E-state index in [0.717, 1.165) is 60.7 Å². The third-order valence-electron chi connectivity index (χ3n) is 5.26. The normalized spacial score (nSPS) is 15.1.